The monoisotopic (exact) mass is 392 g/mol. The number of hydrogen-bond donors (Lipinski definition) is 2. The minimum absolute atomic E-state index is 0.0251. The van der Waals surface area contributed by atoms with E-state index in [0.717, 1.165) is 9.13 Å². The van der Waals surface area contributed by atoms with Crippen molar-refractivity contribution in [3.8, 4) is 0 Å². The van der Waals surface area contributed by atoms with E-state index in [1.54, 1.807) is 0 Å². The van der Waals surface area contributed by atoms with Gasteiger partial charge in [-0.1, -0.05) is 25.1 Å². The minimum atomic E-state index is -0.835. The van der Waals surface area contributed by atoms with Crippen molar-refractivity contribution >= 4 is 34.8 Å². The standard InChI is InChI=1S/C13H17IN2O4/c1-8(7-19-12(15)17)6-11(20-13(16)18)9-4-2-3-5-10(9)14/h2-5,8,11H,6-7H2,1H3,(H2,15,17)(H2,16,18)/t8-,11-/m0/s1. The molecule has 2 atom stereocenters. The third kappa shape index (κ3) is 5.64. The Morgan fingerprint density at radius 3 is 2.45 bits per heavy atom. The molecule has 0 aliphatic carbocycles. The summed E-state index contributed by atoms with van der Waals surface area (Å²) in [6.45, 7) is 2.04. The zero-order chi connectivity index (χ0) is 15.1. The van der Waals surface area contributed by atoms with E-state index in [9.17, 15) is 9.59 Å². The predicted octanol–water partition coefficient (Wildman–Crippen LogP) is 2.55. The normalized spacial score (nSPS) is 13.3. The second-order valence-electron chi connectivity index (χ2n) is 4.42. The van der Waals surface area contributed by atoms with Gasteiger partial charge in [0.05, 0.1) is 6.61 Å². The van der Waals surface area contributed by atoms with E-state index in [1.165, 1.54) is 0 Å². The molecule has 0 unspecified atom stereocenters. The molecule has 20 heavy (non-hydrogen) atoms. The molecule has 1 aromatic carbocycles. The number of hydrogen-bond acceptors (Lipinski definition) is 4. The third-order valence-electron chi connectivity index (χ3n) is 2.64. The van der Waals surface area contributed by atoms with Crippen molar-refractivity contribution in [2.24, 2.45) is 17.4 Å². The van der Waals surface area contributed by atoms with Crippen LogP contribution in [0.3, 0.4) is 0 Å². The van der Waals surface area contributed by atoms with E-state index in [2.05, 4.69) is 22.6 Å². The molecule has 6 nitrogen and oxygen atoms in total. The van der Waals surface area contributed by atoms with Gasteiger partial charge < -0.3 is 20.9 Å². The van der Waals surface area contributed by atoms with Crippen molar-refractivity contribution < 1.29 is 19.1 Å². The van der Waals surface area contributed by atoms with Gasteiger partial charge in [0.1, 0.15) is 6.10 Å². The largest absolute Gasteiger partial charge is 0.449 e. The van der Waals surface area contributed by atoms with Crippen molar-refractivity contribution in [2.75, 3.05) is 6.61 Å². The topological polar surface area (TPSA) is 105 Å². The summed E-state index contributed by atoms with van der Waals surface area (Å²) in [6.07, 6.45) is -1.65. The van der Waals surface area contributed by atoms with E-state index in [4.69, 9.17) is 20.9 Å². The van der Waals surface area contributed by atoms with Crippen molar-refractivity contribution in [3.63, 3.8) is 0 Å². The van der Waals surface area contributed by atoms with Crippen LogP contribution in [0.2, 0.25) is 0 Å². The molecule has 0 radical (unpaired) electrons. The number of rotatable bonds is 6. The first-order chi connectivity index (χ1) is 9.40. The van der Waals surface area contributed by atoms with Gasteiger partial charge in [-0.2, -0.15) is 0 Å². The van der Waals surface area contributed by atoms with Crippen LogP contribution in [0.5, 0.6) is 0 Å². The first-order valence-corrected chi connectivity index (χ1v) is 7.10. The maximum absolute atomic E-state index is 11.0. The molecule has 0 fully saturated rings. The van der Waals surface area contributed by atoms with Gasteiger partial charge in [0, 0.05) is 9.13 Å². The summed E-state index contributed by atoms with van der Waals surface area (Å²) >= 11 is 2.16. The van der Waals surface area contributed by atoms with Crippen molar-refractivity contribution in [3.05, 3.63) is 33.4 Å². The highest BCUT2D eigenvalue weighted by Crippen LogP contribution is 2.29. The van der Waals surface area contributed by atoms with Gasteiger partial charge in [0.15, 0.2) is 0 Å². The molecule has 110 valence electrons. The molecule has 4 N–H and O–H groups in total. The van der Waals surface area contributed by atoms with Crippen LogP contribution in [-0.2, 0) is 9.47 Å². The molecule has 0 saturated heterocycles. The fourth-order valence-electron chi connectivity index (χ4n) is 1.77. The van der Waals surface area contributed by atoms with Crippen molar-refractivity contribution in [1.82, 2.24) is 0 Å². The first-order valence-electron chi connectivity index (χ1n) is 6.03. The Bertz CT molecular complexity index is 481. The molecule has 1 rings (SSSR count). The summed E-state index contributed by atoms with van der Waals surface area (Å²) < 4.78 is 10.9. The second-order valence-corrected chi connectivity index (χ2v) is 5.58. The van der Waals surface area contributed by atoms with Gasteiger partial charge in [0.2, 0.25) is 0 Å². The maximum atomic E-state index is 11.0. The highest BCUT2D eigenvalue weighted by atomic mass is 127. The van der Waals surface area contributed by atoms with Crippen LogP contribution in [-0.4, -0.2) is 18.8 Å². The highest BCUT2D eigenvalue weighted by molar-refractivity contribution is 14.1. The Kier molecular flexibility index (Phi) is 6.56. The fourth-order valence-corrected chi connectivity index (χ4v) is 2.51. The molecule has 0 aliphatic rings. The summed E-state index contributed by atoms with van der Waals surface area (Å²) in [7, 11) is 0. The smallest absolute Gasteiger partial charge is 0.405 e. The molecule has 7 heteroatoms. The molecule has 0 heterocycles. The second kappa shape index (κ2) is 7.93. The summed E-state index contributed by atoms with van der Waals surface area (Å²) in [6, 6.07) is 7.54. The van der Waals surface area contributed by atoms with Gasteiger partial charge in [0.25, 0.3) is 0 Å². The number of primary amides is 2. The molecule has 1 aromatic rings. The van der Waals surface area contributed by atoms with E-state index >= 15 is 0 Å². The molecular formula is C13H17IN2O4. The minimum Gasteiger partial charge on any atom is -0.449 e. The molecule has 0 aliphatic heterocycles. The molecule has 0 saturated carbocycles. The van der Waals surface area contributed by atoms with Crippen LogP contribution >= 0.6 is 22.6 Å². The molecule has 0 bridgehead atoms. The Morgan fingerprint density at radius 2 is 1.90 bits per heavy atom. The van der Waals surface area contributed by atoms with E-state index < -0.39 is 18.3 Å². The fraction of sp³-hybridized carbons (Fsp3) is 0.385. The number of amides is 2. The Balaban J connectivity index is 2.77. The van der Waals surface area contributed by atoms with Crippen LogP contribution < -0.4 is 11.5 Å². The van der Waals surface area contributed by atoms with Crippen LogP contribution in [0.4, 0.5) is 9.59 Å². The van der Waals surface area contributed by atoms with Crippen LogP contribution in [0.25, 0.3) is 0 Å². The Morgan fingerprint density at radius 1 is 1.25 bits per heavy atom. The van der Waals surface area contributed by atoms with Gasteiger partial charge in [-0.05, 0) is 41.0 Å². The van der Waals surface area contributed by atoms with Crippen LogP contribution in [0.15, 0.2) is 24.3 Å². The lowest BCUT2D eigenvalue weighted by Crippen LogP contribution is -2.22. The number of halogens is 1. The lowest BCUT2D eigenvalue weighted by atomic mass is 9.98. The zero-order valence-corrected chi connectivity index (χ0v) is 13.2. The molecular weight excluding hydrogens is 375 g/mol. The zero-order valence-electron chi connectivity index (χ0n) is 11.0. The highest BCUT2D eigenvalue weighted by Gasteiger charge is 2.21. The maximum Gasteiger partial charge on any atom is 0.405 e. The lowest BCUT2D eigenvalue weighted by Gasteiger charge is -2.21. The van der Waals surface area contributed by atoms with Gasteiger partial charge in [-0.3, -0.25) is 0 Å². The summed E-state index contributed by atoms with van der Waals surface area (Å²) in [5, 5.41) is 0. The summed E-state index contributed by atoms with van der Waals surface area (Å²) in [4.78, 5) is 21.6. The van der Waals surface area contributed by atoms with Gasteiger partial charge >= 0.3 is 12.2 Å². The predicted molar refractivity (Wildman–Crippen MR) is 81.9 cm³/mol. The molecule has 0 aromatic heterocycles. The number of carbonyl (C=O) groups excluding carboxylic acids is 2. The van der Waals surface area contributed by atoms with E-state index in [-0.39, 0.29) is 12.5 Å². The number of benzene rings is 1. The molecule has 2 amide bonds. The van der Waals surface area contributed by atoms with Crippen LogP contribution in [0, 0.1) is 9.49 Å². The SMILES string of the molecule is C[C@H](COC(N)=O)C[C@H](OC(N)=O)c1ccccc1I. The number of ether oxygens (including phenoxy) is 2. The number of nitrogens with two attached hydrogens (primary N) is 2. The Labute approximate surface area is 130 Å². The van der Waals surface area contributed by atoms with Crippen molar-refractivity contribution in [1.29, 1.82) is 0 Å². The van der Waals surface area contributed by atoms with Gasteiger partial charge in [-0.15, -0.1) is 0 Å². The first kappa shape index (κ1) is 16.5. The van der Waals surface area contributed by atoms with E-state index in [0.29, 0.717) is 6.42 Å². The third-order valence-corrected chi connectivity index (χ3v) is 3.62. The average Bonchev–Trinajstić information content (AvgIpc) is 2.35. The summed E-state index contributed by atoms with van der Waals surface area (Å²) in [5.41, 5.74) is 10.9. The number of carbonyl (C=O) groups is 2. The van der Waals surface area contributed by atoms with E-state index in [1.807, 2.05) is 31.2 Å². The average molecular weight is 392 g/mol. The lowest BCUT2D eigenvalue weighted by molar-refractivity contribution is 0.0759. The quantitative estimate of drug-likeness (QED) is 0.726. The van der Waals surface area contributed by atoms with Crippen LogP contribution in [0.1, 0.15) is 25.0 Å². The Hall–Kier alpha value is -1.51. The van der Waals surface area contributed by atoms with Gasteiger partial charge in [-0.25, -0.2) is 9.59 Å². The summed E-state index contributed by atoms with van der Waals surface area (Å²) in [5.74, 6) is -0.0251. The molecule has 0 spiro atoms. The van der Waals surface area contributed by atoms with Crippen molar-refractivity contribution in [2.45, 2.75) is 19.4 Å².